The minimum atomic E-state index is 0. The van der Waals surface area contributed by atoms with Crippen molar-refractivity contribution in [3.05, 3.63) is 40.7 Å². The average molecular weight is 504 g/mol. The summed E-state index contributed by atoms with van der Waals surface area (Å²) in [5.74, 6) is 0.806. The molecule has 0 saturated carbocycles. The third-order valence-electron chi connectivity index (χ3n) is 3.53. The van der Waals surface area contributed by atoms with Gasteiger partial charge in [-0.25, -0.2) is 9.98 Å². The molecule has 0 aliphatic heterocycles. The lowest BCUT2D eigenvalue weighted by Crippen LogP contribution is -2.38. The number of hydrogen-bond acceptors (Lipinski definition) is 5. The van der Waals surface area contributed by atoms with Gasteiger partial charge in [0.25, 0.3) is 0 Å². The van der Waals surface area contributed by atoms with Crippen molar-refractivity contribution in [3.63, 3.8) is 0 Å². The minimum Gasteiger partial charge on any atom is -0.382 e. The predicted molar refractivity (Wildman–Crippen MR) is 123 cm³/mol. The molecule has 0 aliphatic carbocycles. The molecule has 6 nitrogen and oxygen atoms in total. The van der Waals surface area contributed by atoms with E-state index in [0.717, 1.165) is 41.7 Å². The van der Waals surface area contributed by atoms with E-state index in [9.17, 15) is 0 Å². The van der Waals surface area contributed by atoms with Gasteiger partial charge in [0.2, 0.25) is 0 Å². The van der Waals surface area contributed by atoms with Gasteiger partial charge in [-0.15, -0.1) is 35.3 Å². The van der Waals surface area contributed by atoms with Crippen LogP contribution in [0.25, 0.3) is 11.3 Å². The molecule has 0 saturated heterocycles. The Hall–Kier alpha value is -1.23. The number of nitrogens with one attached hydrogen (secondary N) is 2. The van der Waals surface area contributed by atoms with Crippen LogP contribution in [-0.2, 0) is 16.0 Å². The number of thiazole rings is 1. The third-order valence-corrected chi connectivity index (χ3v) is 4.36. The second-order valence-corrected chi connectivity index (χ2v) is 6.52. The highest BCUT2D eigenvalue weighted by Gasteiger charge is 2.04. The second-order valence-electron chi connectivity index (χ2n) is 5.57. The number of rotatable bonds is 11. The summed E-state index contributed by atoms with van der Waals surface area (Å²) in [6.07, 6.45) is 0.920. The van der Waals surface area contributed by atoms with Gasteiger partial charge >= 0.3 is 0 Å². The Kier molecular flexibility index (Phi) is 13.0. The molecule has 0 aliphatic rings. The molecule has 0 fully saturated rings. The fourth-order valence-corrected chi connectivity index (χ4v) is 2.97. The normalized spacial score (nSPS) is 11.1. The van der Waals surface area contributed by atoms with E-state index >= 15 is 0 Å². The Balaban J connectivity index is 0.00000364. The van der Waals surface area contributed by atoms with Gasteiger partial charge in [0.05, 0.1) is 25.5 Å². The first-order valence-electron chi connectivity index (χ1n) is 8.92. The molecule has 0 bridgehead atoms. The van der Waals surface area contributed by atoms with E-state index in [0.29, 0.717) is 26.4 Å². The lowest BCUT2D eigenvalue weighted by atomic mass is 10.2. The molecule has 27 heavy (non-hydrogen) atoms. The van der Waals surface area contributed by atoms with E-state index in [-0.39, 0.29) is 24.0 Å². The molecule has 2 N–H and O–H groups in total. The number of nitrogens with zero attached hydrogens (tertiary/aromatic N) is 2. The van der Waals surface area contributed by atoms with E-state index in [4.69, 9.17) is 9.47 Å². The van der Waals surface area contributed by atoms with Crippen LogP contribution in [0, 0.1) is 0 Å². The van der Waals surface area contributed by atoms with Crippen LogP contribution in [0.1, 0.15) is 18.4 Å². The summed E-state index contributed by atoms with van der Waals surface area (Å²) < 4.78 is 10.4. The van der Waals surface area contributed by atoms with Crippen LogP contribution in [0.5, 0.6) is 0 Å². The Morgan fingerprint density at radius 1 is 1.15 bits per heavy atom. The van der Waals surface area contributed by atoms with Gasteiger partial charge in [-0.05, 0) is 13.3 Å². The maximum absolute atomic E-state index is 5.46. The van der Waals surface area contributed by atoms with Crippen LogP contribution in [0.3, 0.4) is 0 Å². The lowest BCUT2D eigenvalue weighted by Gasteiger charge is -2.11. The van der Waals surface area contributed by atoms with Crippen LogP contribution < -0.4 is 10.6 Å². The smallest absolute Gasteiger partial charge is 0.191 e. The molecule has 1 heterocycles. The monoisotopic (exact) mass is 504 g/mol. The topological polar surface area (TPSA) is 67.8 Å². The molecule has 0 radical (unpaired) electrons. The van der Waals surface area contributed by atoms with E-state index in [1.807, 2.05) is 18.2 Å². The number of methoxy groups -OCH3 is 1. The van der Waals surface area contributed by atoms with Gasteiger partial charge in [0, 0.05) is 37.7 Å². The molecule has 1 aromatic heterocycles. The Morgan fingerprint density at radius 2 is 1.96 bits per heavy atom. The Bertz CT molecular complexity index is 652. The zero-order valence-electron chi connectivity index (χ0n) is 15.9. The van der Waals surface area contributed by atoms with Crippen molar-refractivity contribution in [1.82, 2.24) is 15.6 Å². The van der Waals surface area contributed by atoms with Gasteiger partial charge < -0.3 is 20.1 Å². The summed E-state index contributed by atoms with van der Waals surface area (Å²) in [6.45, 7) is 6.24. The highest BCUT2D eigenvalue weighted by Crippen LogP contribution is 2.21. The van der Waals surface area contributed by atoms with Crippen LogP contribution in [0.15, 0.2) is 40.7 Å². The molecule has 8 heteroatoms. The molecule has 0 unspecified atom stereocenters. The predicted octanol–water partition coefficient (Wildman–Crippen LogP) is 3.54. The highest BCUT2D eigenvalue weighted by molar-refractivity contribution is 14.0. The van der Waals surface area contributed by atoms with Crippen molar-refractivity contribution in [2.75, 3.05) is 40.0 Å². The molecule has 1 aromatic carbocycles. The van der Waals surface area contributed by atoms with E-state index < -0.39 is 0 Å². The standard InChI is InChI=1S/C19H28N4O2S.HI/c1-3-20-19(21-10-7-11-25-13-12-24-2)22-14-18-23-17(15-26-18)16-8-5-4-6-9-16;/h4-6,8-9,15H,3,7,10-14H2,1-2H3,(H2,20,21,22);1H. The fourth-order valence-electron chi connectivity index (χ4n) is 2.24. The molecule has 2 rings (SSSR count). The Morgan fingerprint density at radius 3 is 2.70 bits per heavy atom. The molecule has 2 aromatic rings. The summed E-state index contributed by atoms with van der Waals surface area (Å²) >= 11 is 1.64. The minimum absolute atomic E-state index is 0. The fraction of sp³-hybridized carbons (Fsp3) is 0.474. The van der Waals surface area contributed by atoms with Crippen molar-refractivity contribution in [2.24, 2.45) is 4.99 Å². The summed E-state index contributed by atoms with van der Waals surface area (Å²) in [7, 11) is 1.68. The molecule has 0 amide bonds. The molecule has 0 atom stereocenters. The van der Waals surface area contributed by atoms with Gasteiger partial charge in [-0.1, -0.05) is 30.3 Å². The first-order chi connectivity index (χ1) is 12.8. The maximum atomic E-state index is 5.46. The molecule has 150 valence electrons. The van der Waals surface area contributed by atoms with Crippen LogP contribution >= 0.6 is 35.3 Å². The number of ether oxygens (including phenoxy) is 2. The average Bonchev–Trinajstić information content (AvgIpc) is 3.15. The van der Waals surface area contributed by atoms with Crippen LogP contribution in [0.2, 0.25) is 0 Å². The first kappa shape index (κ1) is 23.8. The van der Waals surface area contributed by atoms with Crippen molar-refractivity contribution < 1.29 is 9.47 Å². The summed E-state index contributed by atoms with van der Waals surface area (Å²) in [4.78, 5) is 9.29. The van der Waals surface area contributed by atoms with Gasteiger partial charge in [-0.3, -0.25) is 0 Å². The highest BCUT2D eigenvalue weighted by atomic mass is 127. The first-order valence-corrected chi connectivity index (χ1v) is 9.80. The van der Waals surface area contributed by atoms with Crippen molar-refractivity contribution in [2.45, 2.75) is 19.9 Å². The van der Waals surface area contributed by atoms with Crippen molar-refractivity contribution in [3.8, 4) is 11.3 Å². The van der Waals surface area contributed by atoms with E-state index in [2.05, 4.69) is 45.0 Å². The SMILES string of the molecule is CCNC(=NCc1nc(-c2ccccc2)cs1)NCCCOCCOC.I. The molecule has 0 spiro atoms. The number of guanidine groups is 1. The number of halogens is 1. The van der Waals surface area contributed by atoms with Gasteiger partial charge in [0.1, 0.15) is 5.01 Å². The largest absolute Gasteiger partial charge is 0.382 e. The van der Waals surface area contributed by atoms with Crippen LogP contribution in [-0.4, -0.2) is 51.0 Å². The lowest BCUT2D eigenvalue weighted by molar-refractivity contribution is 0.0698. The van der Waals surface area contributed by atoms with E-state index in [1.165, 1.54) is 0 Å². The number of hydrogen-bond donors (Lipinski definition) is 2. The van der Waals surface area contributed by atoms with Crippen LogP contribution in [0.4, 0.5) is 0 Å². The third kappa shape index (κ3) is 9.50. The summed E-state index contributed by atoms with van der Waals surface area (Å²) in [5.41, 5.74) is 2.14. The van der Waals surface area contributed by atoms with Gasteiger partial charge in [-0.2, -0.15) is 0 Å². The number of benzene rings is 1. The zero-order chi connectivity index (χ0) is 18.5. The van der Waals surface area contributed by atoms with E-state index in [1.54, 1.807) is 18.4 Å². The zero-order valence-corrected chi connectivity index (χ0v) is 19.1. The second kappa shape index (κ2) is 14.8. The molecular weight excluding hydrogens is 475 g/mol. The quantitative estimate of drug-likeness (QED) is 0.212. The van der Waals surface area contributed by atoms with Gasteiger partial charge in [0.15, 0.2) is 5.96 Å². The number of aromatic nitrogens is 1. The summed E-state index contributed by atoms with van der Waals surface area (Å²) in [6, 6.07) is 10.2. The maximum Gasteiger partial charge on any atom is 0.191 e. The number of aliphatic imine (C=N–C) groups is 1. The molecular formula is C19H29IN4O2S. The van der Waals surface area contributed by atoms with Crippen molar-refractivity contribution >= 4 is 41.3 Å². The summed E-state index contributed by atoms with van der Waals surface area (Å²) in [5, 5.41) is 9.67. The Labute approximate surface area is 182 Å². The van der Waals surface area contributed by atoms with Crippen molar-refractivity contribution in [1.29, 1.82) is 0 Å².